The van der Waals surface area contributed by atoms with Gasteiger partial charge in [0.15, 0.2) is 6.10 Å². The molecule has 0 saturated carbocycles. The second kappa shape index (κ2) is 6.48. The highest BCUT2D eigenvalue weighted by Crippen LogP contribution is 2.14. The van der Waals surface area contributed by atoms with Crippen molar-refractivity contribution in [3.63, 3.8) is 0 Å². The minimum Gasteiger partial charge on any atom is -0.481 e. The maximum Gasteiger partial charge on any atom is 0.261 e. The minimum absolute atomic E-state index is 0.268. The largest absolute Gasteiger partial charge is 0.481 e. The van der Waals surface area contributed by atoms with Crippen LogP contribution in [0.4, 0.5) is 4.39 Å². The van der Waals surface area contributed by atoms with Gasteiger partial charge < -0.3 is 15.0 Å². The Morgan fingerprint density at radius 2 is 2.13 bits per heavy atom. The molecule has 1 heterocycles. The van der Waals surface area contributed by atoms with E-state index < -0.39 is 11.9 Å². The maximum absolute atomic E-state index is 13.1. The first-order valence-electron chi connectivity index (χ1n) is 7.25. The Kier molecular flexibility index (Phi) is 4.23. The Labute approximate surface area is 132 Å². The molecule has 6 heteroatoms. The number of hydrogen-bond donors (Lipinski definition) is 2. The molecule has 2 aromatic carbocycles. The predicted octanol–water partition coefficient (Wildman–Crippen LogP) is 2.79. The molecular formula is C17H16FN3O2. The summed E-state index contributed by atoms with van der Waals surface area (Å²) in [7, 11) is 0. The molecule has 3 aromatic rings. The molecule has 0 spiro atoms. The lowest BCUT2D eigenvalue weighted by Crippen LogP contribution is -2.36. The summed E-state index contributed by atoms with van der Waals surface area (Å²) in [5.41, 5.74) is 1.77. The fraction of sp³-hybridized carbons (Fsp3) is 0.176. The molecule has 0 bridgehead atoms. The highest BCUT2D eigenvalue weighted by molar-refractivity contribution is 5.80. The van der Waals surface area contributed by atoms with E-state index >= 15 is 0 Å². The van der Waals surface area contributed by atoms with E-state index in [4.69, 9.17) is 4.74 Å². The van der Waals surface area contributed by atoms with E-state index in [-0.39, 0.29) is 12.5 Å². The maximum atomic E-state index is 13.1. The summed E-state index contributed by atoms with van der Waals surface area (Å²) in [6.45, 7) is 1.88. The molecule has 1 unspecified atom stereocenters. The quantitative estimate of drug-likeness (QED) is 0.761. The van der Waals surface area contributed by atoms with Crippen molar-refractivity contribution in [2.75, 3.05) is 0 Å². The van der Waals surface area contributed by atoms with Gasteiger partial charge in [-0.2, -0.15) is 0 Å². The summed E-state index contributed by atoms with van der Waals surface area (Å²) in [6, 6.07) is 13.3. The van der Waals surface area contributed by atoms with Crippen molar-refractivity contribution in [3.8, 4) is 5.75 Å². The predicted molar refractivity (Wildman–Crippen MR) is 84.4 cm³/mol. The normalized spacial score (nSPS) is 12.1. The van der Waals surface area contributed by atoms with Gasteiger partial charge in [-0.25, -0.2) is 9.37 Å². The minimum atomic E-state index is -0.735. The molecule has 2 N–H and O–H groups in total. The van der Waals surface area contributed by atoms with Crippen LogP contribution in [0.5, 0.6) is 5.75 Å². The van der Waals surface area contributed by atoms with Crippen LogP contribution in [-0.4, -0.2) is 22.0 Å². The van der Waals surface area contributed by atoms with Crippen molar-refractivity contribution >= 4 is 16.9 Å². The zero-order valence-electron chi connectivity index (χ0n) is 12.5. The number of hydrogen-bond acceptors (Lipinski definition) is 3. The number of H-pyrrole nitrogens is 1. The topological polar surface area (TPSA) is 67.0 Å². The van der Waals surface area contributed by atoms with E-state index in [0.717, 1.165) is 11.0 Å². The lowest BCUT2D eigenvalue weighted by molar-refractivity contribution is -0.127. The monoisotopic (exact) mass is 313 g/mol. The fourth-order valence-corrected chi connectivity index (χ4v) is 2.20. The summed E-state index contributed by atoms with van der Waals surface area (Å²) in [5.74, 6) is 0.279. The molecule has 1 aromatic heterocycles. The van der Waals surface area contributed by atoms with Crippen molar-refractivity contribution in [2.45, 2.75) is 19.6 Å². The van der Waals surface area contributed by atoms with Crippen LogP contribution >= 0.6 is 0 Å². The third-order valence-corrected chi connectivity index (χ3v) is 3.35. The highest BCUT2D eigenvalue weighted by Gasteiger charge is 2.15. The standard InChI is InChI=1S/C17H16FN3O2/c1-11(23-13-6-4-5-12(18)9-13)17(22)19-10-16-20-14-7-2-3-8-15(14)21-16/h2-9,11H,10H2,1H3,(H,19,22)(H,20,21). The molecule has 0 aliphatic rings. The number of carbonyl (C=O) groups is 1. The highest BCUT2D eigenvalue weighted by atomic mass is 19.1. The average Bonchev–Trinajstić information content (AvgIpc) is 2.95. The van der Waals surface area contributed by atoms with Crippen LogP contribution in [0.25, 0.3) is 11.0 Å². The Hall–Kier alpha value is -2.89. The first kappa shape index (κ1) is 15.0. The summed E-state index contributed by atoms with van der Waals surface area (Å²) < 4.78 is 18.5. The van der Waals surface area contributed by atoms with Gasteiger partial charge in [0.25, 0.3) is 5.91 Å². The van der Waals surface area contributed by atoms with Crippen molar-refractivity contribution in [2.24, 2.45) is 0 Å². The van der Waals surface area contributed by atoms with Gasteiger partial charge in [0.1, 0.15) is 17.4 Å². The van der Waals surface area contributed by atoms with E-state index in [1.54, 1.807) is 13.0 Å². The summed E-state index contributed by atoms with van der Waals surface area (Å²) in [4.78, 5) is 19.6. The number of aromatic nitrogens is 2. The number of imidazole rings is 1. The fourth-order valence-electron chi connectivity index (χ4n) is 2.20. The van der Waals surface area contributed by atoms with Crippen molar-refractivity contribution < 1.29 is 13.9 Å². The Morgan fingerprint density at radius 3 is 2.91 bits per heavy atom. The molecule has 23 heavy (non-hydrogen) atoms. The molecule has 0 aliphatic carbocycles. The first-order chi connectivity index (χ1) is 11.1. The number of amides is 1. The van der Waals surface area contributed by atoms with Gasteiger partial charge in [-0.1, -0.05) is 18.2 Å². The average molecular weight is 313 g/mol. The molecule has 3 rings (SSSR count). The lowest BCUT2D eigenvalue weighted by Gasteiger charge is -2.14. The van der Waals surface area contributed by atoms with E-state index in [1.165, 1.54) is 18.2 Å². The number of nitrogens with zero attached hydrogens (tertiary/aromatic N) is 1. The molecule has 0 fully saturated rings. The number of halogens is 1. The number of benzene rings is 2. The molecule has 1 atom stereocenters. The van der Waals surface area contributed by atoms with Crippen LogP contribution in [0.1, 0.15) is 12.7 Å². The zero-order chi connectivity index (χ0) is 16.2. The van der Waals surface area contributed by atoms with E-state index in [1.807, 2.05) is 24.3 Å². The third-order valence-electron chi connectivity index (χ3n) is 3.35. The summed E-state index contributed by atoms with van der Waals surface area (Å²) in [5, 5.41) is 2.74. The van der Waals surface area contributed by atoms with Crippen LogP contribution in [0.15, 0.2) is 48.5 Å². The van der Waals surface area contributed by atoms with Gasteiger partial charge in [-0.05, 0) is 31.2 Å². The Morgan fingerprint density at radius 1 is 1.30 bits per heavy atom. The lowest BCUT2D eigenvalue weighted by atomic mass is 10.3. The zero-order valence-corrected chi connectivity index (χ0v) is 12.5. The van der Waals surface area contributed by atoms with Gasteiger partial charge in [0.2, 0.25) is 0 Å². The van der Waals surface area contributed by atoms with E-state index in [0.29, 0.717) is 11.6 Å². The second-order valence-corrected chi connectivity index (χ2v) is 5.14. The second-order valence-electron chi connectivity index (χ2n) is 5.14. The number of para-hydroxylation sites is 2. The van der Waals surface area contributed by atoms with Crippen molar-refractivity contribution in [3.05, 3.63) is 60.2 Å². The van der Waals surface area contributed by atoms with E-state index in [9.17, 15) is 9.18 Å². The van der Waals surface area contributed by atoms with Crippen LogP contribution < -0.4 is 10.1 Å². The number of fused-ring (bicyclic) bond motifs is 1. The van der Waals surface area contributed by atoms with Gasteiger partial charge in [0, 0.05) is 6.07 Å². The Bertz CT molecular complexity index is 798. The molecule has 0 saturated heterocycles. The first-order valence-corrected chi connectivity index (χ1v) is 7.25. The number of aromatic amines is 1. The smallest absolute Gasteiger partial charge is 0.261 e. The Balaban J connectivity index is 1.58. The SMILES string of the molecule is CC(Oc1cccc(F)c1)C(=O)NCc1nc2ccccc2[nH]1. The number of rotatable bonds is 5. The van der Waals surface area contributed by atoms with E-state index in [2.05, 4.69) is 15.3 Å². The van der Waals surface area contributed by atoms with Crippen LogP contribution in [0, 0.1) is 5.82 Å². The van der Waals surface area contributed by atoms with Crippen molar-refractivity contribution in [1.82, 2.24) is 15.3 Å². The van der Waals surface area contributed by atoms with Crippen LogP contribution in [0.3, 0.4) is 0 Å². The number of carbonyl (C=O) groups excluding carboxylic acids is 1. The third kappa shape index (κ3) is 3.66. The molecule has 118 valence electrons. The molecule has 1 amide bonds. The van der Waals surface area contributed by atoms with Crippen molar-refractivity contribution in [1.29, 1.82) is 0 Å². The van der Waals surface area contributed by atoms with Gasteiger partial charge in [-0.15, -0.1) is 0 Å². The van der Waals surface area contributed by atoms with Crippen LogP contribution in [-0.2, 0) is 11.3 Å². The molecule has 5 nitrogen and oxygen atoms in total. The van der Waals surface area contributed by atoms with Crippen LogP contribution in [0.2, 0.25) is 0 Å². The molecule has 0 radical (unpaired) electrons. The summed E-state index contributed by atoms with van der Waals surface area (Å²) in [6.07, 6.45) is -0.735. The number of nitrogens with one attached hydrogen (secondary N) is 2. The van der Waals surface area contributed by atoms with Gasteiger partial charge >= 0.3 is 0 Å². The molecule has 0 aliphatic heterocycles. The number of ether oxygens (including phenoxy) is 1. The molecular weight excluding hydrogens is 297 g/mol. The van der Waals surface area contributed by atoms with Gasteiger partial charge in [0.05, 0.1) is 17.6 Å². The summed E-state index contributed by atoms with van der Waals surface area (Å²) >= 11 is 0. The van der Waals surface area contributed by atoms with Gasteiger partial charge in [-0.3, -0.25) is 4.79 Å².